The maximum Gasteiger partial charge on any atom is 0.347 e. The van der Waals surface area contributed by atoms with E-state index in [1.807, 2.05) is 0 Å². The molecule has 4 aromatic rings. The first-order chi connectivity index (χ1) is 24.6. The number of nitrogens with zero attached hydrogens (tertiary/aromatic N) is 5. The van der Waals surface area contributed by atoms with E-state index in [4.69, 9.17) is 60.6 Å². The van der Waals surface area contributed by atoms with Crippen LogP contribution in [0.25, 0.3) is 11.0 Å². The average molecular weight is 793 g/mol. The number of Topliss-reactive ketones (excluding diaryl/α,β-unsaturated/α-hetero) is 2. The van der Waals surface area contributed by atoms with Crippen LogP contribution >= 0.6 is 46.4 Å². The fourth-order valence-corrected chi connectivity index (χ4v) is 9.07. The number of carbonyl (C=O) groups is 2. The Morgan fingerprint density at radius 3 is 2.23 bits per heavy atom. The van der Waals surface area contributed by atoms with Gasteiger partial charge in [0, 0.05) is 44.5 Å². The summed E-state index contributed by atoms with van der Waals surface area (Å²) in [5.41, 5.74) is -0.171. The second kappa shape index (κ2) is 12.6. The third kappa shape index (κ3) is 4.84. The zero-order valence-electron chi connectivity index (χ0n) is 27.9. The molecule has 18 heteroatoms. The topological polar surface area (TPSA) is 166 Å². The van der Waals surface area contributed by atoms with Crippen LogP contribution in [-0.2, 0) is 36.1 Å². The lowest BCUT2D eigenvalue weighted by Gasteiger charge is -2.54. The van der Waals surface area contributed by atoms with Gasteiger partial charge in [-0.3, -0.25) is 14.4 Å². The van der Waals surface area contributed by atoms with Gasteiger partial charge >= 0.3 is 11.4 Å². The number of carbonyl (C=O) groups excluding carboxylic acids is 2. The summed E-state index contributed by atoms with van der Waals surface area (Å²) in [5, 5.41) is 9.16. The highest BCUT2D eigenvalue weighted by Gasteiger charge is 2.71. The summed E-state index contributed by atoms with van der Waals surface area (Å²) < 4.78 is 20.8. The summed E-state index contributed by atoms with van der Waals surface area (Å²) in [4.78, 5) is 69.3. The lowest BCUT2D eigenvalue weighted by Crippen LogP contribution is -2.67. The monoisotopic (exact) mass is 791 g/mol. The van der Waals surface area contributed by atoms with Crippen molar-refractivity contribution in [2.24, 2.45) is 7.05 Å². The van der Waals surface area contributed by atoms with Crippen molar-refractivity contribution >= 4 is 69.0 Å². The summed E-state index contributed by atoms with van der Waals surface area (Å²) >= 11 is 27.0. The zero-order chi connectivity index (χ0) is 37.6. The molecule has 2 aliphatic carbocycles. The Labute approximate surface area is 313 Å². The SMILES string of the molecule is COc1cc(C2C3=CCn4c(=O)n(CCc5nc6cc(OC)c(OC)cc6n(C)c5=O)c(=O)n4C3CC3(Cl)C(=O)C(Cl)=C(Cl)C(=O)C23Cl)ccc1O. The molecule has 3 heterocycles. The molecule has 2 aromatic heterocycles. The Morgan fingerprint density at radius 1 is 0.904 bits per heavy atom. The van der Waals surface area contributed by atoms with Gasteiger partial charge < -0.3 is 23.9 Å². The van der Waals surface area contributed by atoms with E-state index in [0.717, 1.165) is 4.57 Å². The quantitative estimate of drug-likeness (QED) is 0.216. The Morgan fingerprint density at radius 2 is 1.56 bits per heavy atom. The van der Waals surface area contributed by atoms with E-state index < -0.39 is 66.7 Å². The molecule has 4 atom stereocenters. The van der Waals surface area contributed by atoms with Crippen LogP contribution in [-0.4, -0.2) is 71.2 Å². The summed E-state index contributed by atoms with van der Waals surface area (Å²) in [6.07, 6.45) is 1.14. The highest BCUT2D eigenvalue weighted by atomic mass is 35.5. The normalized spacial score (nSPS) is 24.0. The predicted molar refractivity (Wildman–Crippen MR) is 192 cm³/mol. The molecule has 1 aliphatic heterocycles. The summed E-state index contributed by atoms with van der Waals surface area (Å²) in [6, 6.07) is 6.42. The Balaban J connectivity index is 1.34. The number of methoxy groups -OCH3 is 3. The maximum absolute atomic E-state index is 14.2. The molecule has 1 fully saturated rings. The van der Waals surface area contributed by atoms with Crippen LogP contribution in [0.2, 0.25) is 0 Å². The molecule has 1 saturated carbocycles. The van der Waals surface area contributed by atoms with Crippen LogP contribution in [0.1, 0.15) is 29.6 Å². The molecule has 2 aromatic carbocycles. The number of hydrogen-bond donors (Lipinski definition) is 1. The van der Waals surface area contributed by atoms with E-state index in [9.17, 15) is 29.1 Å². The number of benzene rings is 2. The molecule has 0 amide bonds. The summed E-state index contributed by atoms with van der Waals surface area (Å²) in [5.74, 6) is -2.40. The lowest BCUT2D eigenvalue weighted by molar-refractivity contribution is -0.128. The number of alkyl halides is 2. The second-order valence-electron chi connectivity index (χ2n) is 12.6. The molecule has 1 N–H and O–H groups in total. The molecular weight excluding hydrogens is 764 g/mol. The molecule has 3 aliphatic rings. The van der Waals surface area contributed by atoms with Crippen molar-refractivity contribution < 1.29 is 28.9 Å². The zero-order valence-corrected chi connectivity index (χ0v) is 30.9. The number of halogens is 4. The van der Waals surface area contributed by atoms with Gasteiger partial charge in [-0.15, -0.1) is 23.2 Å². The van der Waals surface area contributed by atoms with Crippen molar-refractivity contribution in [3.8, 4) is 23.0 Å². The fraction of sp³-hybridized carbons (Fsp3) is 0.353. The number of aromatic hydroxyl groups is 1. The summed E-state index contributed by atoms with van der Waals surface area (Å²) in [7, 11) is 5.85. The highest BCUT2D eigenvalue weighted by molar-refractivity contribution is 6.66. The van der Waals surface area contributed by atoms with Crippen LogP contribution in [0.5, 0.6) is 23.0 Å². The smallest absolute Gasteiger partial charge is 0.347 e. The van der Waals surface area contributed by atoms with Gasteiger partial charge in [0.2, 0.25) is 0 Å². The van der Waals surface area contributed by atoms with Gasteiger partial charge in [0.15, 0.2) is 34.6 Å². The van der Waals surface area contributed by atoms with E-state index in [0.29, 0.717) is 33.7 Å². The average Bonchev–Trinajstić information content (AvgIpc) is 3.39. The van der Waals surface area contributed by atoms with E-state index >= 15 is 0 Å². The Kier molecular flexibility index (Phi) is 8.68. The van der Waals surface area contributed by atoms with Crippen LogP contribution in [0.15, 0.2) is 66.4 Å². The molecule has 14 nitrogen and oxygen atoms in total. The fourth-order valence-electron chi connectivity index (χ4n) is 7.55. The van der Waals surface area contributed by atoms with Gasteiger partial charge in [0.05, 0.1) is 44.9 Å². The van der Waals surface area contributed by atoms with Crippen LogP contribution < -0.4 is 31.1 Å². The van der Waals surface area contributed by atoms with Gasteiger partial charge in [-0.05, 0) is 23.3 Å². The van der Waals surface area contributed by atoms with Crippen molar-refractivity contribution in [1.29, 1.82) is 0 Å². The van der Waals surface area contributed by atoms with Crippen LogP contribution in [0, 0.1) is 0 Å². The Hall–Kier alpha value is -4.50. The van der Waals surface area contributed by atoms with Crippen molar-refractivity contribution in [2.45, 2.75) is 47.6 Å². The van der Waals surface area contributed by atoms with Crippen molar-refractivity contribution in [3.63, 3.8) is 0 Å². The molecule has 7 rings (SSSR count). The van der Waals surface area contributed by atoms with E-state index in [-0.39, 0.29) is 36.7 Å². The van der Waals surface area contributed by atoms with E-state index in [1.165, 1.54) is 53.5 Å². The predicted octanol–water partition coefficient (Wildman–Crippen LogP) is 3.50. The van der Waals surface area contributed by atoms with Crippen molar-refractivity contribution in [1.82, 2.24) is 23.5 Å². The molecule has 272 valence electrons. The van der Waals surface area contributed by atoms with Crippen molar-refractivity contribution in [3.05, 3.63) is 94.6 Å². The number of hydrogen-bond acceptors (Lipinski definition) is 10. The number of phenolic OH excluding ortho intramolecular Hbond substituents is 1. The number of ether oxygens (including phenoxy) is 3. The van der Waals surface area contributed by atoms with Gasteiger partial charge in [-0.25, -0.2) is 28.5 Å². The Bertz CT molecular complexity index is 2500. The molecule has 0 radical (unpaired) electrons. The number of aromatic nitrogens is 5. The molecular formula is C34H29Cl4N5O9. The van der Waals surface area contributed by atoms with Gasteiger partial charge in [0.1, 0.15) is 25.5 Å². The summed E-state index contributed by atoms with van der Waals surface area (Å²) in [6.45, 7) is -0.343. The third-order valence-corrected chi connectivity index (χ3v) is 12.4. The third-order valence-electron chi connectivity index (χ3n) is 10.1. The van der Waals surface area contributed by atoms with E-state index in [2.05, 4.69) is 4.98 Å². The molecule has 0 spiro atoms. The number of rotatable bonds is 7. The first-order valence-electron chi connectivity index (χ1n) is 15.8. The standard InChI is InChI=1S/C34H29Cl4N5O9/c1-40-19-13-24(52-4)23(51-3)12-18(19)39-17(30(40)47)8-9-41-31(48)42-10-7-16-20(43(42)32(41)49)14-33(37)28(45)26(35)27(36)29(46)34(33,38)25(16)15-5-6-21(44)22(11-15)50-2/h5-7,11-13,20,25,44H,8-10,14H2,1-4H3. The van der Waals surface area contributed by atoms with Crippen molar-refractivity contribution in [2.75, 3.05) is 21.3 Å². The highest BCUT2D eigenvalue weighted by Crippen LogP contribution is 2.64. The molecule has 0 saturated heterocycles. The first kappa shape index (κ1) is 35.9. The van der Waals surface area contributed by atoms with Gasteiger partial charge in [-0.2, -0.15) is 0 Å². The lowest BCUT2D eigenvalue weighted by atomic mass is 9.59. The number of fused-ring (bicyclic) bond motifs is 5. The number of allylic oxidation sites excluding steroid dienone is 4. The number of aryl methyl sites for hydroxylation is 2. The maximum atomic E-state index is 14.2. The van der Waals surface area contributed by atoms with Crippen LogP contribution in [0.3, 0.4) is 0 Å². The molecule has 0 bridgehead atoms. The van der Waals surface area contributed by atoms with E-state index in [1.54, 1.807) is 25.3 Å². The minimum absolute atomic E-state index is 0.0389. The molecule has 4 unspecified atom stereocenters. The molecule has 52 heavy (non-hydrogen) atoms. The van der Waals surface area contributed by atoms with Gasteiger partial charge in [-0.1, -0.05) is 35.3 Å². The minimum atomic E-state index is -2.25. The van der Waals surface area contributed by atoms with Crippen LogP contribution in [0.4, 0.5) is 0 Å². The minimum Gasteiger partial charge on any atom is -0.504 e. The largest absolute Gasteiger partial charge is 0.504 e. The second-order valence-corrected chi connectivity index (χ2v) is 14.6. The number of ketones is 2. The van der Waals surface area contributed by atoms with Gasteiger partial charge in [0.25, 0.3) is 5.56 Å². The number of phenols is 1. The first-order valence-corrected chi connectivity index (χ1v) is 17.3.